The van der Waals surface area contributed by atoms with E-state index in [1.807, 2.05) is 0 Å². The van der Waals surface area contributed by atoms with E-state index in [0.29, 0.717) is 6.04 Å². The van der Waals surface area contributed by atoms with Crippen molar-refractivity contribution < 1.29 is 0 Å². The Balaban J connectivity index is 0.00000112. The van der Waals surface area contributed by atoms with Crippen LogP contribution in [0.2, 0.25) is 0 Å². The Bertz CT molecular complexity index is 311. The van der Waals surface area contributed by atoms with Gasteiger partial charge < -0.3 is 5.32 Å². The van der Waals surface area contributed by atoms with E-state index in [1.54, 1.807) is 0 Å². The normalized spacial score (nSPS) is 25.7. The summed E-state index contributed by atoms with van der Waals surface area (Å²) in [5.41, 5.74) is 2.82. The van der Waals surface area contributed by atoms with Gasteiger partial charge in [0.15, 0.2) is 0 Å². The molecular weight excluding hydrogens is 206 g/mol. The minimum atomic E-state index is 0. The van der Waals surface area contributed by atoms with Crippen molar-refractivity contribution in [2.24, 2.45) is 5.92 Å². The van der Waals surface area contributed by atoms with Gasteiger partial charge in [-0.2, -0.15) is 0 Å². The summed E-state index contributed by atoms with van der Waals surface area (Å²) in [5, 5.41) is 3.61. The summed E-state index contributed by atoms with van der Waals surface area (Å²) in [6, 6.07) is 9.44. The second-order valence-corrected chi connectivity index (χ2v) is 4.47. The average Bonchev–Trinajstić information content (AvgIpc) is 2.18. The Hall–Kier alpha value is -0.530. The second-order valence-electron chi connectivity index (χ2n) is 4.47. The fraction of sp³-hybridized carbons (Fsp3) is 0.538. The molecule has 1 aliphatic rings. The zero-order chi connectivity index (χ0) is 9.97. The molecule has 0 amide bonds. The summed E-state index contributed by atoms with van der Waals surface area (Å²) in [7, 11) is 0. The van der Waals surface area contributed by atoms with Crippen molar-refractivity contribution in [3.05, 3.63) is 35.4 Å². The molecule has 84 valence electrons. The van der Waals surface area contributed by atoms with Crippen LogP contribution in [0.1, 0.15) is 36.9 Å². The number of hydrogen-bond acceptors (Lipinski definition) is 1. The summed E-state index contributed by atoms with van der Waals surface area (Å²) in [6.45, 7) is 5.68. The zero-order valence-corrected chi connectivity index (χ0v) is 10.3. The molecule has 1 nitrogen and oxygen atoms in total. The fourth-order valence-electron chi connectivity index (χ4n) is 2.36. The van der Waals surface area contributed by atoms with Gasteiger partial charge in [0.05, 0.1) is 0 Å². The minimum Gasteiger partial charge on any atom is -0.310 e. The predicted octanol–water partition coefficient (Wildman–Crippen LogP) is 3.48. The number of nitrogens with one attached hydrogen (secondary N) is 1. The number of halogens is 1. The number of benzene rings is 1. The number of hydrogen-bond donors (Lipinski definition) is 1. The smallest absolute Gasteiger partial charge is 0.0346 e. The topological polar surface area (TPSA) is 12.0 Å². The van der Waals surface area contributed by atoms with Crippen LogP contribution >= 0.6 is 12.4 Å². The standard InChI is InChI=1S/C13H19N.ClH/c1-10-5-3-7-12(9-10)13-11(2)6-4-8-14-13;/h3,5,7,9,11,13-14H,4,6,8H2,1-2H3;1H/t11-,13+;/m0./s1. The largest absolute Gasteiger partial charge is 0.310 e. The third kappa shape index (κ3) is 2.96. The molecule has 2 rings (SSSR count). The lowest BCUT2D eigenvalue weighted by Gasteiger charge is -2.30. The molecule has 0 radical (unpaired) electrons. The monoisotopic (exact) mass is 225 g/mol. The molecule has 15 heavy (non-hydrogen) atoms. The Morgan fingerprint density at radius 1 is 1.33 bits per heavy atom. The first kappa shape index (κ1) is 12.5. The molecule has 1 aromatic carbocycles. The molecule has 1 saturated heterocycles. The van der Waals surface area contributed by atoms with Crippen LogP contribution in [0.3, 0.4) is 0 Å². The van der Waals surface area contributed by atoms with Gasteiger partial charge >= 0.3 is 0 Å². The van der Waals surface area contributed by atoms with Crippen LogP contribution in [0.5, 0.6) is 0 Å². The molecule has 0 saturated carbocycles. The van der Waals surface area contributed by atoms with Crippen LogP contribution in [0.25, 0.3) is 0 Å². The van der Waals surface area contributed by atoms with Gasteiger partial charge in [-0.05, 0) is 37.8 Å². The van der Waals surface area contributed by atoms with Crippen molar-refractivity contribution in [3.63, 3.8) is 0 Å². The van der Waals surface area contributed by atoms with E-state index < -0.39 is 0 Å². The van der Waals surface area contributed by atoms with Gasteiger partial charge in [0.25, 0.3) is 0 Å². The highest BCUT2D eigenvalue weighted by molar-refractivity contribution is 5.85. The first-order valence-corrected chi connectivity index (χ1v) is 5.57. The summed E-state index contributed by atoms with van der Waals surface area (Å²) in [5.74, 6) is 0.769. The molecule has 1 heterocycles. The molecule has 1 aliphatic heterocycles. The van der Waals surface area contributed by atoms with Crippen LogP contribution < -0.4 is 5.32 Å². The molecule has 0 spiro atoms. The summed E-state index contributed by atoms with van der Waals surface area (Å²) in [6.07, 6.45) is 2.68. The molecule has 0 aliphatic carbocycles. The predicted molar refractivity (Wildman–Crippen MR) is 67.6 cm³/mol. The van der Waals surface area contributed by atoms with Gasteiger partial charge in [0.2, 0.25) is 0 Å². The SMILES string of the molecule is Cc1cccc([C@@H]2NCCC[C@@H]2C)c1.Cl. The Labute approximate surface area is 98.7 Å². The van der Waals surface area contributed by atoms with E-state index in [2.05, 4.69) is 43.4 Å². The van der Waals surface area contributed by atoms with Crippen LogP contribution in [0, 0.1) is 12.8 Å². The Morgan fingerprint density at radius 2 is 2.13 bits per heavy atom. The van der Waals surface area contributed by atoms with Crippen molar-refractivity contribution in [1.29, 1.82) is 0 Å². The third-order valence-corrected chi connectivity index (χ3v) is 3.17. The number of aryl methyl sites for hydroxylation is 1. The van der Waals surface area contributed by atoms with E-state index in [1.165, 1.54) is 30.5 Å². The van der Waals surface area contributed by atoms with E-state index >= 15 is 0 Å². The lowest BCUT2D eigenvalue weighted by Crippen LogP contribution is -2.32. The first-order valence-electron chi connectivity index (χ1n) is 5.57. The zero-order valence-electron chi connectivity index (χ0n) is 9.49. The molecule has 2 atom stereocenters. The van der Waals surface area contributed by atoms with Gasteiger partial charge in [-0.1, -0.05) is 36.8 Å². The summed E-state index contributed by atoms with van der Waals surface area (Å²) in [4.78, 5) is 0. The van der Waals surface area contributed by atoms with Gasteiger partial charge in [-0.25, -0.2) is 0 Å². The summed E-state index contributed by atoms with van der Waals surface area (Å²) >= 11 is 0. The van der Waals surface area contributed by atoms with E-state index in [4.69, 9.17) is 0 Å². The van der Waals surface area contributed by atoms with Crippen LogP contribution in [0.15, 0.2) is 24.3 Å². The first-order chi connectivity index (χ1) is 6.77. The number of rotatable bonds is 1. The van der Waals surface area contributed by atoms with Crippen molar-refractivity contribution in [2.75, 3.05) is 6.54 Å². The van der Waals surface area contributed by atoms with Crippen molar-refractivity contribution in [2.45, 2.75) is 32.7 Å². The molecule has 1 aromatic rings. The van der Waals surface area contributed by atoms with E-state index in [-0.39, 0.29) is 12.4 Å². The quantitative estimate of drug-likeness (QED) is 0.772. The maximum Gasteiger partial charge on any atom is 0.0346 e. The van der Waals surface area contributed by atoms with Crippen molar-refractivity contribution in [1.82, 2.24) is 5.32 Å². The highest BCUT2D eigenvalue weighted by Gasteiger charge is 2.21. The lowest BCUT2D eigenvalue weighted by molar-refractivity contribution is 0.306. The maximum atomic E-state index is 3.61. The highest BCUT2D eigenvalue weighted by Crippen LogP contribution is 2.28. The van der Waals surface area contributed by atoms with Crippen LogP contribution in [0.4, 0.5) is 0 Å². The number of piperidine rings is 1. The van der Waals surface area contributed by atoms with E-state index in [0.717, 1.165) is 5.92 Å². The van der Waals surface area contributed by atoms with Gasteiger partial charge in [-0.3, -0.25) is 0 Å². The molecule has 1 fully saturated rings. The fourth-order valence-corrected chi connectivity index (χ4v) is 2.36. The van der Waals surface area contributed by atoms with Crippen LogP contribution in [-0.4, -0.2) is 6.54 Å². The molecular formula is C13H20ClN. The Morgan fingerprint density at radius 3 is 2.80 bits per heavy atom. The molecule has 0 aromatic heterocycles. The van der Waals surface area contributed by atoms with Gasteiger partial charge in [0, 0.05) is 6.04 Å². The molecule has 0 bridgehead atoms. The van der Waals surface area contributed by atoms with E-state index in [9.17, 15) is 0 Å². The highest BCUT2D eigenvalue weighted by atomic mass is 35.5. The Kier molecular flexibility index (Phi) is 4.62. The molecule has 1 N–H and O–H groups in total. The van der Waals surface area contributed by atoms with Gasteiger partial charge in [-0.15, -0.1) is 12.4 Å². The summed E-state index contributed by atoms with van der Waals surface area (Å²) < 4.78 is 0. The maximum absolute atomic E-state index is 3.61. The van der Waals surface area contributed by atoms with Gasteiger partial charge in [0.1, 0.15) is 0 Å². The molecule has 0 unspecified atom stereocenters. The van der Waals surface area contributed by atoms with Crippen molar-refractivity contribution >= 4 is 12.4 Å². The average molecular weight is 226 g/mol. The minimum absolute atomic E-state index is 0. The molecule has 2 heteroatoms. The van der Waals surface area contributed by atoms with Crippen LogP contribution in [-0.2, 0) is 0 Å². The van der Waals surface area contributed by atoms with Crippen molar-refractivity contribution in [3.8, 4) is 0 Å². The second kappa shape index (κ2) is 5.53. The lowest BCUT2D eigenvalue weighted by atomic mass is 9.87. The third-order valence-electron chi connectivity index (χ3n) is 3.17.